The first-order chi connectivity index (χ1) is 3.46. The van der Waals surface area contributed by atoms with Crippen LogP contribution in [0.5, 0.6) is 0 Å². The van der Waals surface area contributed by atoms with E-state index in [9.17, 15) is 17.6 Å². The molecule has 6 heteroatoms. The zero-order valence-electron chi connectivity index (χ0n) is 3.33. The van der Waals surface area contributed by atoms with E-state index >= 15 is 0 Å². The summed E-state index contributed by atoms with van der Waals surface area (Å²) in [6.07, 6.45) is 0. The van der Waals surface area contributed by atoms with Crippen LogP contribution in [0, 0.1) is 0 Å². The minimum Gasteiger partial charge on any atom is -0.160 e. The predicted octanol–water partition coefficient (Wildman–Crippen LogP) is 2.42. The quantitative estimate of drug-likeness (QED) is 0.306. The van der Waals surface area contributed by atoms with Crippen LogP contribution in [0.25, 0.3) is 0 Å². The highest BCUT2D eigenvalue weighted by Gasteiger charge is 1.71. The Morgan fingerprint density at radius 1 is 0.750 bits per heavy atom. The molecule has 0 aromatic rings. The van der Waals surface area contributed by atoms with Gasteiger partial charge in [0.2, 0.25) is 0 Å². The van der Waals surface area contributed by atoms with Crippen LogP contribution >= 0.6 is 24.4 Å². The molecule has 0 unspecified atom stereocenters. The van der Waals surface area contributed by atoms with Crippen molar-refractivity contribution in [1.82, 2.24) is 0 Å². The number of rotatable bonds is 0. The Kier molecular flexibility index (Phi) is 9.32. The highest BCUT2D eigenvalue weighted by Crippen LogP contribution is 1.73. The van der Waals surface area contributed by atoms with Gasteiger partial charge in [-0.25, -0.2) is 0 Å². The lowest BCUT2D eigenvalue weighted by Crippen LogP contribution is -1.53. The average Bonchev–Trinajstić information content (AvgIpc) is 1.25. The average molecular weight is 164 g/mol. The standard InChI is InChI=1S/2CF2S/c2*2-1(3)4. The van der Waals surface area contributed by atoms with Gasteiger partial charge in [0.15, 0.2) is 0 Å². The first-order valence-electron chi connectivity index (χ1n) is 1.16. The fourth-order valence-electron chi connectivity index (χ4n) is 0. The van der Waals surface area contributed by atoms with E-state index in [1.54, 1.807) is 0 Å². The molecule has 0 radical (unpaired) electrons. The third kappa shape index (κ3) is 14200. The molecule has 0 spiro atoms. The van der Waals surface area contributed by atoms with E-state index in [2.05, 4.69) is 24.4 Å². The maximum atomic E-state index is 10.1. The van der Waals surface area contributed by atoms with Crippen molar-refractivity contribution in [2.24, 2.45) is 0 Å². The molecule has 0 aliphatic carbocycles. The molecule has 8 heavy (non-hydrogen) atoms. The fourth-order valence-corrected chi connectivity index (χ4v) is 0. The predicted molar refractivity (Wildman–Crippen MR) is 29.6 cm³/mol. The second-order valence-electron chi connectivity index (χ2n) is 0.451. The van der Waals surface area contributed by atoms with Crippen LogP contribution in [0.15, 0.2) is 0 Å². The van der Waals surface area contributed by atoms with Gasteiger partial charge in [-0.3, -0.25) is 0 Å². The molecule has 0 bridgehead atoms. The van der Waals surface area contributed by atoms with E-state index in [1.807, 2.05) is 0 Å². The first kappa shape index (κ1) is 10.8. The Balaban J connectivity index is 0. The van der Waals surface area contributed by atoms with Crippen molar-refractivity contribution in [1.29, 1.82) is 0 Å². The molecule has 0 amide bonds. The van der Waals surface area contributed by atoms with Crippen molar-refractivity contribution < 1.29 is 17.6 Å². The molecule has 0 heterocycles. The zero-order chi connectivity index (χ0) is 7.15. The lowest BCUT2D eigenvalue weighted by atomic mass is 11.7. The molecule has 0 fully saturated rings. The van der Waals surface area contributed by atoms with Gasteiger partial charge in [0.25, 0.3) is 0 Å². The van der Waals surface area contributed by atoms with Gasteiger partial charge in [0.1, 0.15) is 0 Å². The van der Waals surface area contributed by atoms with E-state index in [0.717, 1.165) is 0 Å². The summed E-state index contributed by atoms with van der Waals surface area (Å²) >= 11 is 6.41. The molecule has 0 N–H and O–H groups in total. The number of hydrogen-bond acceptors (Lipinski definition) is 2. The largest absolute Gasteiger partial charge is 0.334 e. The van der Waals surface area contributed by atoms with Gasteiger partial charge in [-0.2, -0.15) is 17.6 Å². The van der Waals surface area contributed by atoms with E-state index < -0.39 is 10.7 Å². The summed E-state index contributed by atoms with van der Waals surface area (Å²) in [6, 6.07) is 0. The molecule has 0 atom stereocenters. The Hall–Kier alpha value is -0.100. The van der Waals surface area contributed by atoms with E-state index in [0.29, 0.717) is 0 Å². The second-order valence-corrected chi connectivity index (χ2v) is 1.07. The minimum atomic E-state index is -2.00. The number of thiocarbonyl (C=S) groups is 2. The maximum absolute atomic E-state index is 10.1. The third-order valence-corrected chi connectivity index (χ3v) is 0. The summed E-state index contributed by atoms with van der Waals surface area (Å²) < 4.78 is 40.3. The molecular weight excluding hydrogens is 164 g/mol. The monoisotopic (exact) mass is 164 g/mol. The van der Waals surface area contributed by atoms with Crippen molar-refractivity contribution in [2.45, 2.75) is 0 Å². The Bertz CT molecular complexity index is 70.0. The van der Waals surface area contributed by atoms with Crippen molar-refractivity contribution >= 4 is 35.2 Å². The van der Waals surface area contributed by atoms with Crippen molar-refractivity contribution in [3.63, 3.8) is 0 Å². The topological polar surface area (TPSA) is 0 Å². The van der Waals surface area contributed by atoms with E-state index in [-0.39, 0.29) is 0 Å². The van der Waals surface area contributed by atoms with Gasteiger partial charge in [-0.15, -0.1) is 0 Å². The summed E-state index contributed by atoms with van der Waals surface area (Å²) in [5.74, 6) is 0. The van der Waals surface area contributed by atoms with Crippen molar-refractivity contribution in [2.75, 3.05) is 0 Å². The molecule has 0 aromatic heterocycles. The maximum Gasteiger partial charge on any atom is 0.334 e. The fraction of sp³-hybridized carbons (Fsp3) is 0. The van der Waals surface area contributed by atoms with Crippen LogP contribution in [0.3, 0.4) is 0 Å². The van der Waals surface area contributed by atoms with Gasteiger partial charge in [-0.1, -0.05) is 0 Å². The summed E-state index contributed by atoms with van der Waals surface area (Å²) in [6.45, 7) is 0. The van der Waals surface area contributed by atoms with Gasteiger partial charge in [0.05, 0.1) is 0 Å². The second kappa shape index (κ2) is 6.90. The van der Waals surface area contributed by atoms with Crippen LogP contribution in [-0.4, -0.2) is 10.7 Å². The summed E-state index contributed by atoms with van der Waals surface area (Å²) in [5, 5.41) is -4.00. The Morgan fingerprint density at radius 3 is 0.750 bits per heavy atom. The molecule has 0 aliphatic heterocycles. The smallest absolute Gasteiger partial charge is 0.160 e. The first-order valence-corrected chi connectivity index (χ1v) is 1.98. The van der Waals surface area contributed by atoms with Crippen molar-refractivity contribution in [3.05, 3.63) is 0 Å². The highest BCUT2D eigenvalue weighted by atomic mass is 32.1. The normalized spacial score (nSPS) is 6.50. The molecule has 0 saturated carbocycles. The molecule has 0 rings (SSSR count). The third-order valence-electron chi connectivity index (χ3n) is 0. The van der Waals surface area contributed by atoms with Crippen LogP contribution in [0.1, 0.15) is 0 Å². The lowest BCUT2D eigenvalue weighted by molar-refractivity contribution is 0.642. The molecule has 48 valence electrons. The number of hydrogen-bond donors (Lipinski definition) is 0. The van der Waals surface area contributed by atoms with Crippen LogP contribution in [0.4, 0.5) is 17.6 Å². The Morgan fingerprint density at radius 2 is 0.750 bits per heavy atom. The molecule has 0 aliphatic rings. The van der Waals surface area contributed by atoms with E-state index in [4.69, 9.17) is 0 Å². The summed E-state index contributed by atoms with van der Waals surface area (Å²) in [5.41, 5.74) is 0. The SMILES string of the molecule is FC(F)=S.FC(F)=S. The Labute approximate surface area is 53.5 Å². The molecule has 0 aromatic carbocycles. The minimum absolute atomic E-state index is 2.00. The molecule has 0 nitrogen and oxygen atoms in total. The van der Waals surface area contributed by atoms with Gasteiger partial charge in [-0.05, 0) is 24.4 Å². The van der Waals surface area contributed by atoms with Crippen LogP contribution in [-0.2, 0) is 0 Å². The van der Waals surface area contributed by atoms with Gasteiger partial charge < -0.3 is 0 Å². The van der Waals surface area contributed by atoms with Crippen LogP contribution < -0.4 is 0 Å². The lowest BCUT2D eigenvalue weighted by Gasteiger charge is -1.50. The molecule has 0 saturated heterocycles. The number of halogens is 4. The summed E-state index contributed by atoms with van der Waals surface area (Å²) in [7, 11) is 0. The van der Waals surface area contributed by atoms with Crippen molar-refractivity contribution in [3.8, 4) is 0 Å². The van der Waals surface area contributed by atoms with Gasteiger partial charge >= 0.3 is 10.7 Å². The molecular formula is C2F4S2. The van der Waals surface area contributed by atoms with Crippen LogP contribution in [0.2, 0.25) is 0 Å². The highest BCUT2D eigenvalue weighted by molar-refractivity contribution is 7.79. The van der Waals surface area contributed by atoms with Gasteiger partial charge in [0, 0.05) is 0 Å². The summed E-state index contributed by atoms with van der Waals surface area (Å²) in [4.78, 5) is 0. The van der Waals surface area contributed by atoms with E-state index in [1.165, 1.54) is 0 Å². The zero-order valence-corrected chi connectivity index (χ0v) is 4.96.